The summed E-state index contributed by atoms with van der Waals surface area (Å²) in [7, 11) is 1.32. The van der Waals surface area contributed by atoms with E-state index in [1.54, 1.807) is 24.3 Å². The fourth-order valence-corrected chi connectivity index (χ4v) is 2.74. The fourth-order valence-electron chi connectivity index (χ4n) is 2.40. The Morgan fingerprint density at radius 2 is 1.89 bits per heavy atom. The van der Waals surface area contributed by atoms with Crippen molar-refractivity contribution in [3.63, 3.8) is 0 Å². The zero-order chi connectivity index (χ0) is 20.3. The normalized spacial score (nSPS) is 11.9. The van der Waals surface area contributed by atoms with Gasteiger partial charge in [-0.1, -0.05) is 29.3 Å². The van der Waals surface area contributed by atoms with Crippen LogP contribution >= 0.6 is 23.2 Å². The summed E-state index contributed by atoms with van der Waals surface area (Å²) in [4.78, 5) is 42.3. The molecule has 2 aromatic heterocycles. The lowest BCUT2D eigenvalue weighted by atomic mass is 10.2. The summed E-state index contributed by atoms with van der Waals surface area (Å²) < 4.78 is 5.04. The first-order valence-electron chi connectivity index (χ1n) is 7.91. The number of allylic oxidation sites excluding steroid dienone is 2. The number of anilines is 1. The van der Waals surface area contributed by atoms with Crippen LogP contribution in [0.1, 0.15) is 5.69 Å². The van der Waals surface area contributed by atoms with E-state index in [1.807, 2.05) is 11.1 Å². The first-order chi connectivity index (χ1) is 13.4. The van der Waals surface area contributed by atoms with E-state index in [1.165, 1.54) is 13.2 Å². The van der Waals surface area contributed by atoms with Crippen LogP contribution in [0.25, 0.3) is 17.0 Å². The topological polar surface area (TPSA) is 120 Å². The lowest BCUT2D eigenvalue weighted by Gasteiger charge is -2.05. The van der Waals surface area contributed by atoms with Crippen LogP contribution in [0.15, 0.2) is 51.9 Å². The van der Waals surface area contributed by atoms with Crippen LogP contribution in [-0.2, 0) is 9.53 Å². The number of amides is 1. The maximum atomic E-state index is 12.2. The van der Waals surface area contributed by atoms with E-state index in [9.17, 15) is 14.4 Å². The molecule has 0 aliphatic carbocycles. The van der Waals surface area contributed by atoms with Crippen LogP contribution in [0.5, 0.6) is 0 Å². The summed E-state index contributed by atoms with van der Waals surface area (Å²) in [5.41, 5.74) is 0.0753. The Balaban J connectivity index is 1.77. The Hall–Kier alpha value is -3.23. The van der Waals surface area contributed by atoms with Gasteiger partial charge in [-0.15, -0.1) is 0 Å². The number of benzene rings is 1. The predicted octanol–water partition coefficient (Wildman–Crippen LogP) is 3.03. The molecule has 0 saturated carbocycles. The number of carbonyl (C=O) groups excluding carboxylic acids is 1. The van der Waals surface area contributed by atoms with Crippen LogP contribution in [-0.4, -0.2) is 28.0 Å². The zero-order valence-electron chi connectivity index (χ0n) is 14.4. The third kappa shape index (κ3) is 4.36. The van der Waals surface area contributed by atoms with Gasteiger partial charge in [0.15, 0.2) is 5.76 Å². The van der Waals surface area contributed by atoms with Crippen LogP contribution in [0.3, 0.4) is 0 Å². The molecule has 0 aliphatic heterocycles. The Morgan fingerprint density at radius 1 is 1.14 bits per heavy atom. The number of methoxy groups -OCH3 is 1. The van der Waals surface area contributed by atoms with E-state index in [4.69, 9.17) is 27.9 Å². The van der Waals surface area contributed by atoms with Gasteiger partial charge in [-0.2, -0.15) is 0 Å². The molecule has 144 valence electrons. The molecule has 0 radical (unpaired) electrons. The molecule has 0 unspecified atom stereocenters. The van der Waals surface area contributed by atoms with Gasteiger partial charge >= 0.3 is 5.69 Å². The number of nitrogens with one attached hydrogen (secondary N) is 4. The van der Waals surface area contributed by atoms with Gasteiger partial charge in [0.2, 0.25) is 0 Å². The molecule has 0 saturated heterocycles. The minimum Gasteiger partial charge on any atom is -0.491 e. The van der Waals surface area contributed by atoms with Gasteiger partial charge in [-0.3, -0.25) is 14.6 Å². The van der Waals surface area contributed by atoms with Gasteiger partial charge in [-0.05, 0) is 30.4 Å². The average molecular weight is 421 g/mol. The standard InChI is InChI=1S/C18H14Cl2N4O4/c1-28-15(17(26)23-14-8-21-18(27)24-16(14)25)4-2-3-10-5-9-6-11(19)12(20)7-13(9)22-10/h2-8,22H,1H3,(H,23,26)(H2,21,24,25,27). The van der Waals surface area contributed by atoms with E-state index in [0.717, 1.165) is 22.8 Å². The zero-order valence-corrected chi connectivity index (χ0v) is 15.9. The molecule has 10 heteroatoms. The fraction of sp³-hybridized carbons (Fsp3) is 0.0556. The number of halogens is 2. The Bertz CT molecular complexity index is 1180. The number of H-pyrrole nitrogens is 3. The number of aromatic amines is 3. The van der Waals surface area contributed by atoms with Gasteiger partial charge in [-0.25, -0.2) is 4.79 Å². The summed E-state index contributed by atoms with van der Waals surface area (Å²) in [6.07, 6.45) is 5.86. The third-order valence-corrected chi connectivity index (χ3v) is 4.44. The number of hydrogen-bond donors (Lipinski definition) is 4. The molecule has 2 heterocycles. The highest BCUT2D eigenvalue weighted by atomic mass is 35.5. The van der Waals surface area contributed by atoms with E-state index in [0.29, 0.717) is 10.0 Å². The molecule has 0 fully saturated rings. The summed E-state index contributed by atoms with van der Waals surface area (Å²) in [5.74, 6) is -0.691. The van der Waals surface area contributed by atoms with E-state index in [-0.39, 0.29) is 11.4 Å². The van der Waals surface area contributed by atoms with Crippen molar-refractivity contribution < 1.29 is 9.53 Å². The molecule has 0 bridgehead atoms. The van der Waals surface area contributed by atoms with Gasteiger partial charge in [0.25, 0.3) is 11.5 Å². The van der Waals surface area contributed by atoms with Crippen LogP contribution < -0.4 is 16.6 Å². The maximum Gasteiger partial charge on any atom is 0.325 e. The molecule has 28 heavy (non-hydrogen) atoms. The smallest absolute Gasteiger partial charge is 0.325 e. The minimum atomic E-state index is -0.724. The van der Waals surface area contributed by atoms with Crippen molar-refractivity contribution in [2.45, 2.75) is 0 Å². The van der Waals surface area contributed by atoms with Crippen LogP contribution in [0.2, 0.25) is 10.0 Å². The van der Waals surface area contributed by atoms with Crippen LogP contribution in [0.4, 0.5) is 5.69 Å². The number of rotatable bonds is 5. The van der Waals surface area contributed by atoms with Gasteiger partial charge in [0, 0.05) is 22.8 Å². The van der Waals surface area contributed by atoms with Crippen molar-refractivity contribution in [1.82, 2.24) is 15.0 Å². The highest BCUT2D eigenvalue weighted by Gasteiger charge is 2.11. The second-order valence-electron chi connectivity index (χ2n) is 5.61. The number of ether oxygens (including phenoxy) is 1. The van der Waals surface area contributed by atoms with Crippen molar-refractivity contribution in [3.05, 3.63) is 78.9 Å². The second kappa shape index (κ2) is 8.20. The van der Waals surface area contributed by atoms with Crippen molar-refractivity contribution in [1.29, 1.82) is 0 Å². The van der Waals surface area contributed by atoms with Crippen LogP contribution in [0, 0.1) is 0 Å². The molecule has 1 aromatic carbocycles. The monoisotopic (exact) mass is 420 g/mol. The Labute approximate surface area is 167 Å². The largest absolute Gasteiger partial charge is 0.491 e. The van der Waals surface area contributed by atoms with Crippen molar-refractivity contribution in [3.8, 4) is 0 Å². The van der Waals surface area contributed by atoms with E-state index < -0.39 is 17.2 Å². The SMILES string of the molecule is COC(=CC=Cc1cc2cc(Cl)c(Cl)cc2[nH]1)C(=O)Nc1c[nH]c(=O)[nH]c1=O. The number of fused-ring (bicyclic) bond motifs is 1. The summed E-state index contributed by atoms with van der Waals surface area (Å²) in [6, 6.07) is 5.34. The first-order valence-corrected chi connectivity index (χ1v) is 8.66. The molecular formula is C18H14Cl2N4O4. The molecule has 0 spiro atoms. The Morgan fingerprint density at radius 3 is 2.61 bits per heavy atom. The summed E-state index contributed by atoms with van der Waals surface area (Å²) >= 11 is 12.0. The highest BCUT2D eigenvalue weighted by molar-refractivity contribution is 6.42. The maximum absolute atomic E-state index is 12.2. The molecule has 3 rings (SSSR count). The van der Waals surface area contributed by atoms with Crippen molar-refractivity contribution >= 4 is 51.8 Å². The van der Waals surface area contributed by atoms with Crippen molar-refractivity contribution in [2.24, 2.45) is 0 Å². The van der Waals surface area contributed by atoms with Gasteiger partial charge < -0.3 is 20.0 Å². The minimum absolute atomic E-state index is 0.0379. The molecule has 8 nitrogen and oxygen atoms in total. The molecule has 0 aliphatic rings. The predicted molar refractivity (Wildman–Crippen MR) is 109 cm³/mol. The molecule has 0 atom stereocenters. The lowest BCUT2D eigenvalue weighted by molar-refractivity contribution is -0.115. The summed E-state index contributed by atoms with van der Waals surface area (Å²) in [5, 5.41) is 4.15. The number of hydrogen-bond acceptors (Lipinski definition) is 4. The first kappa shape index (κ1) is 19.5. The molecular weight excluding hydrogens is 407 g/mol. The third-order valence-electron chi connectivity index (χ3n) is 3.72. The van der Waals surface area contributed by atoms with Gasteiger partial charge in [0.05, 0.1) is 17.2 Å². The number of carbonyl (C=O) groups is 1. The average Bonchev–Trinajstić information content (AvgIpc) is 3.02. The lowest BCUT2D eigenvalue weighted by Crippen LogP contribution is -2.27. The quantitative estimate of drug-likeness (QED) is 0.288. The van der Waals surface area contributed by atoms with Crippen molar-refractivity contribution in [2.75, 3.05) is 12.4 Å². The second-order valence-corrected chi connectivity index (χ2v) is 6.43. The molecule has 1 amide bonds. The number of aromatic nitrogens is 3. The summed E-state index contributed by atoms with van der Waals surface area (Å²) in [6.45, 7) is 0. The Kier molecular flexibility index (Phi) is 5.72. The van der Waals surface area contributed by atoms with E-state index in [2.05, 4.69) is 15.3 Å². The molecule has 3 aromatic rings. The highest BCUT2D eigenvalue weighted by Crippen LogP contribution is 2.28. The van der Waals surface area contributed by atoms with Gasteiger partial charge in [0.1, 0.15) is 5.69 Å². The molecule has 4 N–H and O–H groups in total. The van der Waals surface area contributed by atoms with E-state index >= 15 is 0 Å².